The number of carbonyl (C=O) groups is 1. The summed E-state index contributed by atoms with van der Waals surface area (Å²) in [4.78, 5) is 13.5. The fraction of sp³-hybridized carbons (Fsp3) is 0.278. The van der Waals surface area contributed by atoms with E-state index in [1.165, 1.54) is 0 Å². The van der Waals surface area contributed by atoms with Crippen molar-refractivity contribution in [1.82, 2.24) is 4.90 Å². The second-order valence-corrected chi connectivity index (χ2v) is 5.62. The van der Waals surface area contributed by atoms with Crippen LogP contribution in [0.5, 0.6) is 5.75 Å². The first-order chi connectivity index (χ1) is 11.2. The third kappa shape index (κ3) is 3.52. The Labute approximate surface area is 134 Å². The maximum atomic E-state index is 11.3. The smallest absolute Gasteiger partial charge is 0.336 e. The molecule has 0 fully saturated rings. The van der Waals surface area contributed by atoms with Gasteiger partial charge in [0.2, 0.25) is 0 Å². The molecule has 0 bridgehead atoms. The van der Waals surface area contributed by atoms with E-state index in [1.54, 1.807) is 12.1 Å². The Balaban J connectivity index is 1.83. The molecule has 0 aliphatic carbocycles. The summed E-state index contributed by atoms with van der Waals surface area (Å²) in [5.74, 6) is -0.0779. The average Bonchev–Trinajstić information content (AvgIpc) is 2.76. The second-order valence-electron chi connectivity index (χ2n) is 5.62. The van der Waals surface area contributed by atoms with Gasteiger partial charge in [0.15, 0.2) is 0 Å². The Hall–Kier alpha value is -2.37. The molecular formula is C18H19NO4. The molecule has 0 saturated carbocycles. The maximum Gasteiger partial charge on any atom is 0.336 e. The first-order valence-electron chi connectivity index (χ1n) is 7.56. The van der Waals surface area contributed by atoms with E-state index < -0.39 is 5.97 Å². The molecule has 1 aliphatic rings. The van der Waals surface area contributed by atoms with Crippen molar-refractivity contribution in [3.05, 3.63) is 64.7 Å². The molecule has 2 N–H and O–H groups in total. The number of carboxylic acids is 1. The van der Waals surface area contributed by atoms with Crippen LogP contribution < -0.4 is 4.74 Å². The fourth-order valence-corrected chi connectivity index (χ4v) is 2.84. The molecule has 2 aromatic rings. The van der Waals surface area contributed by atoms with Gasteiger partial charge in [0.25, 0.3) is 0 Å². The molecule has 1 heterocycles. The molecule has 5 heteroatoms. The topological polar surface area (TPSA) is 70.0 Å². The number of benzene rings is 2. The SMILES string of the molecule is O=C(O)c1ccccc1CN1CCOc2ccc(CO)cc2C1. The van der Waals surface area contributed by atoms with E-state index in [4.69, 9.17) is 4.74 Å². The van der Waals surface area contributed by atoms with Gasteiger partial charge in [0.05, 0.1) is 12.2 Å². The van der Waals surface area contributed by atoms with Crippen molar-refractivity contribution in [1.29, 1.82) is 0 Å². The first-order valence-corrected chi connectivity index (χ1v) is 7.56. The zero-order valence-corrected chi connectivity index (χ0v) is 12.7. The number of aromatic carboxylic acids is 1. The third-order valence-electron chi connectivity index (χ3n) is 4.01. The lowest BCUT2D eigenvalue weighted by atomic mass is 10.1. The van der Waals surface area contributed by atoms with Crippen molar-refractivity contribution in [3.63, 3.8) is 0 Å². The Morgan fingerprint density at radius 2 is 2.04 bits per heavy atom. The number of carboxylic acid groups (broad SMARTS) is 1. The van der Waals surface area contributed by atoms with Crippen molar-refractivity contribution in [2.45, 2.75) is 19.7 Å². The zero-order chi connectivity index (χ0) is 16.2. The van der Waals surface area contributed by atoms with Crippen LogP contribution in [0.2, 0.25) is 0 Å². The zero-order valence-electron chi connectivity index (χ0n) is 12.7. The van der Waals surface area contributed by atoms with E-state index in [0.717, 1.165) is 29.0 Å². The molecule has 0 unspecified atom stereocenters. The summed E-state index contributed by atoms with van der Waals surface area (Å²) < 4.78 is 5.75. The minimum Gasteiger partial charge on any atom is -0.492 e. The van der Waals surface area contributed by atoms with Crippen LogP contribution in [0.4, 0.5) is 0 Å². The van der Waals surface area contributed by atoms with Gasteiger partial charge in [-0.15, -0.1) is 0 Å². The van der Waals surface area contributed by atoms with Crippen LogP contribution >= 0.6 is 0 Å². The summed E-state index contributed by atoms with van der Waals surface area (Å²) in [5, 5.41) is 18.6. The maximum absolute atomic E-state index is 11.3. The number of rotatable bonds is 4. The average molecular weight is 313 g/mol. The summed E-state index contributed by atoms with van der Waals surface area (Å²) in [6, 6.07) is 12.7. The van der Waals surface area contributed by atoms with E-state index in [2.05, 4.69) is 4.90 Å². The number of nitrogens with zero attached hydrogens (tertiary/aromatic N) is 1. The third-order valence-corrected chi connectivity index (χ3v) is 4.01. The van der Waals surface area contributed by atoms with Crippen LogP contribution in [-0.4, -0.2) is 34.2 Å². The predicted molar refractivity (Wildman–Crippen MR) is 85.4 cm³/mol. The first kappa shape index (κ1) is 15.5. The van der Waals surface area contributed by atoms with Gasteiger partial charge in [-0.2, -0.15) is 0 Å². The standard InChI is InChI=1S/C18H19NO4/c20-12-13-5-6-17-15(9-13)11-19(7-8-23-17)10-14-3-1-2-4-16(14)18(21)22/h1-6,9,20H,7-8,10-12H2,(H,21,22). The molecule has 0 radical (unpaired) electrons. The second kappa shape index (κ2) is 6.81. The van der Waals surface area contributed by atoms with Gasteiger partial charge >= 0.3 is 5.97 Å². The number of ether oxygens (including phenoxy) is 1. The van der Waals surface area contributed by atoms with E-state index in [-0.39, 0.29) is 6.61 Å². The monoisotopic (exact) mass is 313 g/mol. The summed E-state index contributed by atoms with van der Waals surface area (Å²) in [7, 11) is 0. The highest BCUT2D eigenvalue weighted by Gasteiger charge is 2.18. The van der Waals surface area contributed by atoms with Crippen molar-refractivity contribution >= 4 is 5.97 Å². The Bertz CT molecular complexity index is 714. The largest absolute Gasteiger partial charge is 0.492 e. The lowest BCUT2D eigenvalue weighted by Gasteiger charge is -2.20. The summed E-state index contributed by atoms with van der Waals surface area (Å²) in [6.07, 6.45) is 0. The Kier molecular flexibility index (Phi) is 4.60. The molecule has 0 atom stereocenters. The van der Waals surface area contributed by atoms with Crippen LogP contribution in [0.15, 0.2) is 42.5 Å². The summed E-state index contributed by atoms with van der Waals surface area (Å²) in [6.45, 7) is 2.48. The van der Waals surface area contributed by atoms with Crippen molar-refractivity contribution in [2.75, 3.05) is 13.2 Å². The lowest BCUT2D eigenvalue weighted by molar-refractivity contribution is 0.0694. The van der Waals surface area contributed by atoms with E-state index in [0.29, 0.717) is 25.3 Å². The van der Waals surface area contributed by atoms with Crippen LogP contribution in [0, 0.1) is 0 Å². The Morgan fingerprint density at radius 3 is 2.83 bits per heavy atom. The van der Waals surface area contributed by atoms with Gasteiger partial charge in [-0.25, -0.2) is 4.79 Å². The van der Waals surface area contributed by atoms with Crippen LogP contribution in [0.1, 0.15) is 27.0 Å². The van der Waals surface area contributed by atoms with Gasteiger partial charge < -0.3 is 14.9 Å². The summed E-state index contributed by atoms with van der Waals surface area (Å²) >= 11 is 0. The number of hydrogen-bond acceptors (Lipinski definition) is 4. The molecule has 0 amide bonds. The Morgan fingerprint density at radius 1 is 1.22 bits per heavy atom. The number of aliphatic hydroxyl groups is 1. The number of fused-ring (bicyclic) bond motifs is 1. The lowest BCUT2D eigenvalue weighted by Crippen LogP contribution is -2.26. The molecule has 0 aromatic heterocycles. The van der Waals surface area contributed by atoms with Gasteiger partial charge in [0.1, 0.15) is 12.4 Å². The molecule has 0 saturated heterocycles. The van der Waals surface area contributed by atoms with E-state index in [1.807, 2.05) is 30.3 Å². The highest BCUT2D eigenvalue weighted by atomic mass is 16.5. The highest BCUT2D eigenvalue weighted by Crippen LogP contribution is 2.25. The molecule has 23 heavy (non-hydrogen) atoms. The van der Waals surface area contributed by atoms with Gasteiger partial charge in [-0.1, -0.05) is 24.3 Å². The van der Waals surface area contributed by atoms with Gasteiger partial charge in [-0.05, 0) is 29.3 Å². The van der Waals surface area contributed by atoms with Crippen molar-refractivity contribution in [2.24, 2.45) is 0 Å². The highest BCUT2D eigenvalue weighted by molar-refractivity contribution is 5.89. The van der Waals surface area contributed by atoms with Gasteiger partial charge in [-0.3, -0.25) is 4.90 Å². The number of hydrogen-bond donors (Lipinski definition) is 2. The minimum absolute atomic E-state index is 0.00483. The molecule has 0 spiro atoms. The molecule has 1 aliphatic heterocycles. The fourth-order valence-electron chi connectivity index (χ4n) is 2.84. The van der Waals surface area contributed by atoms with Crippen LogP contribution in [0.3, 0.4) is 0 Å². The van der Waals surface area contributed by atoms with Crippen molar-refractivity contribution in [3.8, 4) is 5.75 Å². The molecule has 120 valence electrons. The van der Waals surface area contributed by atoms with Gasteiger partial charge in [0, 0.05) is 25.2 Å². The van der Waals surface area contributed by atoms with E-state index in [9.17, 15) is 15.0 Å². The minimum atomic E-state index is -0.908. The van der Waals surface area contributed by atoms with Crippen molar-refractivity contribution < 1.29 is 19.7 Å². The van der Waals surface area contributed by atoms with Crippen LogP contribution in [0.25, 0.3) is 0 Å². The predicted octanol–water partition coefficient (Wildman–Crippen LogP) is 2.27. The number of aliphatic hydroxyl groups excluding tert-OH is 1. The summed E-state index contributed by atoms with van der Waals surface area (Å²) in [5.41, 5.74) is 2.99. The molecule has 2 aromatic carbocycles. The van der Waals surface area contributed by atoms with Crippen LogP contribution in [-0.2, 0) is 19.7 Å². The molecule has 3 rings (SSSR count). The van der Waals surface area contributed by atoms with E-state index >= 15 is 0 Å². The molecular weight excluding hydrogens is 294 g/mol. The normalized spacial score (nSPS) is 14.7. The quantitative estimate of drug-likeness (QED) is 0.906. The molecule has 5 nitrogen and oxygen atoms in total.